The van der Waals surface area contributed by atoms with E-state index in [1.165, 1.54) is 18.5 Å². The number of fused-ring (bicyclic) bond motifs is 1. The van der Waals surface area contributed by atoms with Gasteiger partial charge in [0.1, 0.15) is 29.4 Å². The molecule has 3 aromatic rings. The average molecular weight is 316 g/mol. The topological polar surface area (TPSA) is 54.0 Å². The third-order valence-corrected chi connectivity index (χ3v) is 3.93. The monoisotopic (exact) mass is 316 g/mol. The number of ether oxygens (including phenoxy) is 1. The molecule has 1 fully saturated rings. The molecule has 0 aliphatic carbocycles. The van der Waals surface area contributed by atoms with Crippen LogP contribution in [0, 0.1) is 11.6 Å². The Morgan fingerprint density at radius 2 is 1.78 bits per heavy atom. The van der Waals surface area contributed by atoms with Gasteiger partial charge in [-0.2, -0.15) is 0 Å². The predicted molar refractivity (Wildman–Crippen MR) is 82.3 cm³/mol. The van der Waals surface area contributed by atoms with Gasteiger partial charge in [-0.25, -0.2) is 18.7 Å². The van der Waals surface area contributed by atoms with E-state index < -0.39 is 11.6 Å². The zero-order chi connectivity index (χ0) is 15.8. The third-order valence-electron chi connectivity index (χ3n) is 3.93. The molecular weight excluding hydrogens is 302 g/mol. The fraction of sp³-hybridized carbons (Fsp3) is 0.250. The minimum absolute atomic E-state index is 0.457. The second-order valence-corrected chi connectivity index (χ2v) is 5.38. The maximum atomic E-state index is 13.6. The number of nitrogens with zero attached hydrogens (tertiary/aromatic N) is 3. The van der Waals surface area contributed by atoms with Crippen molar-refractivity contribution in [1.82, 2.24) is 15.0 Å². The Morgan fingerprint density at radius 3 is 2.52 bits per heavy atom. The molecule has 0 unspecified atom stereocenters. The van der Waals surface area contributed by atoms with Crippen molar-refractivity contribution in [3.8, 4) is 11.1 Å². The van der Waals surface area contributed by atoms with Crippen LogP contribution in [-0.2, 0) is 4.74 Å². The van der Waals surface area contributed by atoms with Gasteiger partial charge in [-0.15, -0.1) is 0 Å². The number of hydrogen-bond acceptors (Lipinski definition) is 4. The lowest BCUT2D eigenvalue weighted by molar-refractivity contribution is 0.122. The Morgan fingerprint density at radius 1 is 1.04 bits per heavy atom. The number of nitrogens with one attached hydrogen (secondary N) is 1. The molecule has 23 heavy (non-hydrogen) atoms. The molecule has 0 saturated carbocycles. The number of rotatable bonds is 2. The first-order valence-corrected chi connectivity index (χ1v) is 7.33. The Bertz CT molecular complexity index is 838. The maximum absolute atomic E-state index is 13.6. The highest BCUT2D eigenvalue weighted by molar-refractivity contribution is 6.01. The normalized spacial score (nSPS) is 15.3. The molecule has 1 aliphatic rings. The van der Waals surface area contributed by atoms with Crippen molar-refractivity contribution in [1.29, 1.82) is 0 Å². The summed E-state index contributed by atoms with van der Waals surface area (Å²) >= 11 is 0. The summed E-state index contributed by atoms with van der Waals surface area (Å²) in [5.41, 5.74) is 1.78. The van der Waals surface area contributed by atoms with Crippen molar-refractivity contribution in [3.05, 3.63) is 42.4 Å². The fourth-order valence-electron chi connectivity index (χ4n) is 2.90. The number of aromatic amines is 1. The van der Waals surface area contributed by atoms with E-state index in [2.05, 4.69) is 19.9 Å². The number of halogens is 2. The van der Waals surface area contributed by atoms with Crippen LogP contribution in [-0.4, -0.2) is 41.3 Å². The minimum atomic E-state index is -0.612. The van der Waals surface area contributed by atoms with Gasteiger partial charge in [0.2, 0.25) is 0 Å². The van der Waals surface area contributed by atoms with Crippen LogP contribution in [0.25, 0.3) is 22.2 Å². The first-order valence-electron chi connectivity index (χ1n) is 7.33. The summed E-state index contributed by atoms with van der Waals surface area (Å²) < 4.78 is 32.5. The van der Waals surface area contributed by atoms with Gasteiger partial charge in [-0.1, -0.05) is 0 Å². The van der Waals surface area contributed by atoms with Crippen LogP contribution < -0.4 is 4.90 Å². The van der Waals surface area contributed by atoms with Gasteiger partial charge in [-0.3, -0.25) is 0 Å². The second kappa shape index (κ2) is 5.58. The van der Waals surface area contributed by atoms with E-state index in [1.54, 1.807) is 6.20 Å². The van der Waals surface area contributed by atoms with Crippen LogP contribution in [0.4, 0.5) is 14.6 Å². The molecule has 5 nitrogen and oxygen atoms in total. The molecule has 7 heteroatoms. The van der Waals surface area contributed by atoms with Crippen molar-refractivity contribution >= 4 is 16.9 Å². The van der Waals surface area contributed by atoms with E-state index >= 15 is 0 Å². The SMILES string of the molecule is Fc1cc(F)cc(-c2c[nH]c3ncnc(N4CCOCC4)c23)c1. The first-order chi connectivity index (χ1) is 11.2. The van der Waals surface area contributed by atoms with Crippen molar-refractivity contribution < 1.29 is 13.5 Å². The van der Waals surface area contributed by atoms with Crippen LogP contribution in [0.3, 0.4) is 0 Å². The number of H-pyrrole nitrogens is 1. The van der Waals surface area contributed by atoms with Gasteiger partial charge >= 0.3 is 0 Å². The molecule has 0 atom stereocenters. The van der Waals surface area contributed by atoms with Crippen molar-refractivity contribution in [2.45, 2.75) is 0 Å². The van der Waals surface area contributed by atoms with Gasteiger partial charge in [0.05, 0.1) is 18.6 Å². The molecule has 0 spiro atoms. The van der Waals surface area contributed by atoms with Crippen LogP contribution in [0.5, 0.6) is 0 Å². The van der Waals surface area contributed by atoms with E-state index in [4.69, 9.17) is 4.74 Å². The predicted octanol–water partition coefficient (Wildman–Crippen LogP) is 2.74. The van der Waals surface area contributed by atoms with Crippen molar-refractivity contribution in [2.24, 2.45) is 0 Å². The van der Waals surface area contributed by atoms with Gasteiger partial charge in [0.15, 0.2) is 0 Å². The number of benzene rings is 1. The van der Waals surface area contributed by atoms with Crippen molar-refractivity contribution in [3.63, 3.8) is 0 Å². The molecular formula is C16H14F2N4O. The number of hydrogen-bond donors (Lipinski definition) is 1. The molecule has 0 amide bonds. The number of morpholine rings is 1. The standard InChI is InChI=1S/C16H14F2N4O/c17-11-5-10(6-12(18)7-11)13-8-19-15-14(13)16(21-9-20-15)22-1-3-23-4-2-22/h5-9H,1-4H2,(H,19,20,21). The summed E-state index contributed by atoms with van der Waals surface area (Å²) in [5.74, 6) is -0.475. The van der Waals surface area contributed by atoms with Gasteiger partial charge in [0.25, 0.3) is 0 Å². The lowest BCUT2D eigenvalue weighted by atomic mass is 10.1. The maximum Gasteiger partial charge on any atom is 0.143 e. The van der Waals surface area contributed by atoms with E-state index in [0.717, 1.165) is 17.3 Å². The highest BCUT2D eigenvalue weighted by atomic mass is 19.1. The summed E-state index contributed by atoms with van der Waals surface area (Å²) in [6.45, 7) is 2.68. The molecule has 1 aliphatic heterocycles. The zero-order valence-corrected chi connectivity index (χ0v) is 12.2. The van der Waals surface area contributed by atoms with Crippen LogP contribution in [0.2, 0.25) is 0 Å². The molecule has 0 radical (unpaired) electrons. The Kier molecular flexibility index (Phi) is 3.42. The average Bonchev–Trinajstić information content (AvgIpc) is 2.99. The smallest absolute Gasteiger partial charge is 0.143 e. The summed E-state index contributed by atoms with van der Waals surface area (Å²) in [7, 11) is 0. The largest absolute Gasteiger partial charge is 0.378 e. The molecule has 1 saturated heterocycles. The summed E-state index contributed by atoms with van der Waals surface area (Å²) in [4.78, 5) is 13.8. The Labute approximate surface area is 130 Å². The van der Waals surface area contributed by atoms with Crippen LogP contribution in [0.15, 0.2) is 30.7 Å². The fourth-order valence-corrected chi connectivity index (χ4v) is 2.90. The van der Waals surface area contributed by atoms with Crippen LogP contribution in [0.1, 0.15) is 0 Å². The minimum Gasteiger partial charge on any atom is -0.378 e. The van der Waals surface area contributed by atoms with Crippen molar-refractivity contribution in [2.75, 3.05) is 31.2 Å². The summed E-state index contributed by atoms with van der Waals surface area (Å²) in [6, 6.07) is 3.47. The second-order valence-electron chi connectivity index (χ2n) is 5.38. The molecule has 2 aromatic heterocycles. The Balaban J connectivity index is 1.90. The lowest BCUT2D eigenvalue weighted by Gasteiger charge is -2.28. The molecule has 4 rings (SSSR count). The van der Waals surface area contributed by atoms with Gasteiger partial charge < -0.3 is 14.6 Å². The third kappa shape index (κ3) is 2.53. The number of anilines is 1. The molecule has 118 valence electrons. The molecule has 3 heterocycles. The molecule has 0 bridgehead atoms. The molecule has 1 N–H and O–H groups in total. The quantitative estimate of drug-likeness (QED) is 0.790. The Hall–Kier alpha value is -2.54. The van der Waals surface area contributed by atoms with E-state index in [-0.39, 0.29) is 0 Å². The first kappa shape index (κ1) is 14.1. The highest BCUT2D eigenvalue weighted by Gasteiger charge is 2.20. The molecule has 1 aromatic carbocycles. The zero-order valence-electron chi connectivity index (χ0n) is 12.2. The highest BCUT2D eigenvalue weighted by Crippen LogP contribution is 2.34. The van der Waals surface area contributed by atoms with E-state index in [1.807, 2.05) is 0 Å². The van der Waals surface area contributed by atoms with E-state index in [9.17, 15) is 8.78 Å². The lowest BCUT2D eigenvalue weighted by Crippen LogP contribution is -2.36. The van der Waals surface area contributed by atoms with Gasteiger partial charge in [-0.05, 0) is 17.7 Å². The van der Waals surface area contributed by atoms with E-state index in [0.29, 0.717) is 43.1 Å². The number of aromatic nitrogens is 3. The van der Waals surface area contributed by atoms with Gasteiger partial charge in [0, 0.05) is 30.9 Å². The van der Waals surface area contributed by atoms with Crippen LogP contribution >= 0.6 is 0 Å². The summed E-state index contributed by atoms with van der Waals surface area (Å²) in [6.07, 6.45) is 3.19. The summed E-state index contributed by atoms with van der Waals surface area (Å²) in [5, 5.41) is 0.763.